The first-order valence-electron chi connectivity index (χ1n) is 8.89. The van der Waals surface area contributed by atoms with Crippen molar-refractivity contribution < 1.29 is 23.2 Å². The molecule has 12 heteroatoms. The van der Waals surface area contributed by atoms with E-state index in [0.29, 0.717) is 24.8 Å². The number of carbonyl (C=O) groups is 1. The molecule has 160 valence electrons. The average Bonchev–Trinajstić information content (AvgIpc) is 2.64. The summed E-state index contributed by atoms with van der Waals surface area (Å²) in [5.74, 6) is 0. The van der Waals surface area contributed by atoms with Gasteiger partial charge in [0, 0.05) is 0 Å². The Labute approximate surface area is 176 Å². The van der Waals surface area contributed by atoms with E-state index in [1.54, 1.807) is 20.8 Å². The highest BCUT2D eigenvalue weighted by atomic mass is 32.5. The standard InChI is InChI=1S/C15H32N3O5PS3/c1-7-10-11-12-13-18(24(25,21-8-2)22-9-3)27(20)17(5)15(19)23-16-14(4)26-6/h7-13H2,1-6H3. The second kappa shape index (κ2) is 15.0. The van der Waals surface area contributed by atoms with Crippen LogP contribution in [-0.2, 0) is 37.2 Å². The van der Waals surface area contributed by atoms with E-state index in [0.717, 1.165) is 30.0 Å². The van der Waals surface area contributed by atoms with Gasteiger partial charge in [-0.3, -0.25) is 4.84 Å². The second-order valence-electron chi connectivity index (χ2n) is 5.34. The van der Waals surface area contributed by atoms with Gasteiger partial charge in [-0.05, 0) is 49.3 Å². The first-order chi connectivity index (χ1) is 12.8. The van der Waals surface area contributed by atoms with Crippen LogP contribution in [0.1, 0.15) is 53.4 Å². The minimum atomic E-state index is -2.99. The summed E-state index contributed by atoms with van der Waals surface area (Å²) in [7, 11) is 1.37. The Morgan fingerprint density at radius 3 is 2.30 bits per heavy atom. The van der Waals surface area contributed by atoms with Gasteiger partial charge in [0.15, 0.2) is 11.5 Å². The molecule has 0 aliphatic carbocycles. The van der Waals surface area contributed by atoms with Crippen molar-refractivity contribution in [2.24, 2.45) is 5.16 Å². The molecule has 27 heavy (non-hydrogen) atoms. The summed E-state index contributed by atoms with van der Waals surface area (Å²) in [5, 5.41) is 4.26. The minimum absolute atomic E-state index is 0.325. The molecule has 1 amide bonds. The van der Waals surface area contributed by atoms with Gasteiger partial charge >= 0.3 is 12.7 Å². The molecule has 0 aliphatic rings. The normalized spacial score (nSPS) is 13.7. The maximum atomic E-state index is 13.1. The van der Waals surface area contributed by atoms with Crippen LogP contribution in [0.4, 0.5) is 4.79 Å². The lowest BCUT2D eigenvalue weighted by Gasteiger charge is -2.33. The number of rotatable bonds is 13. The number of unbranched alkanes of at least 4 members (excludes halogenated alkanes) is 3. The molecule has 0 N–H and O–H groups in total. The van der Waals surface area contributed by atoms with Crippen molar-refractivity contribution in [2.75, 3.05) is 33.1 Å². The molecule has 0 aromatic carbocycles. The van der Waals surface area contributed by atoms with E-state index in [-0.39, 0.29) is 0 Å². The van der Waals surface area contributed by atoms with Crippen LogP contribution in [0.5, 0.6) is 0 Å². The van der Waals surface area contributed by atoms with E-state index in [9.17, 15) is 9.35 Å². The lowest BCUT2D eigenvalue weighted by molar-refractivity contribution is 0.133. The van der Waals surface area contributed by atoms with Crippen LogP contribution in [-0.4, -0.2) is 57.1 Å². The summed E-state index contributed by atoms with van der Waals surface area (Å²) in [4.78, 5) is 17.0. The third-order valence-electron chi connectivity index (χ3n) is 3.28. The van der Waals surface area contributed by atoms with E-state index >= 15 is 0 Å². The number of oxime groups is 1. The minimum Gasteiger partial charge on any atom is -0.573 e. The van der Waals surface area contributed by atoms with Crippen LogP contribution >= 0.6 is 18.4 Å². The molecule has 0 rings (SSSR count). The monoisotopic (exact) mass is 461 g/mol. The molecule has 0 aliphatic heterocycles. The molecule has 0 saturated heterocycles. The molecule has 1 unspecified atom stereocenters. The van der Waals surface area contributed by atoms with Crippen LogP contribution in [0.25, 0.3) is 0 Å². The van der Waals surface area contributed by atoms with Gasteiger partial charge in [-0.15, -0.1) is 16.1 Å². The van der Waals surface area contributed by atoms with Crippen molar-refractivity contribution in [3.05, 3.63) is 0 Å². The summed E-state index contributed by atoms with van der Waals surface area (Å²) in [6.45, 7) is 5.48. The lowest BCUT2D eigenvalue weighted by atomic mass is 10.2. The smallest absolute Gasteiger partial charge is 0.479 e. The molecule has 0 saturated carbocycles. The highest BCUT2D eigenvalue weighted by Crippen LogP contribution is 2.54. The SMILES string of the molecule is CCCCCCN([S+]([O-])N(C)C(=O)ON=C(C)SC)P(=S)(OCC)OCC. The average molecular weight is 462 g/mol. The topological polar surface area (TPSA) is 86.7 Å². The summed E-state index contributed by atoms with van der Waals surface area (Å²) in [5.41, 5.74) is 0. The van der Waals surface area contributed by atoms with E-state index in [2.05, 4.69) is 12.1 Å². The fourth-order valence-corrected chi connectivity index (χ4v) is 6.75. The Morgan fingerprint density at radius 1 is 1.22 bits per heavy atom. The molecule has 0 aromatic heterocycles. The van der Waals surface area contributed by atoms with Crippen LogP contribution in [0.15, 0.2) is 5.16 Å². The molecule has 0 spiro atoms. The maximum absolute atomic E-state index is 13.1. The van der Waals surface area contributed by atoms with Crippen molar-refractivity contribution in [1.82, 2.24) is 8.38 Å². The molecule has 0 radical (unpaired) electrons. The van der Waals surface area contributed by atoms with Crippen molar-refractivity contribution in [3.8, 4) is 0 Å². The molecule has 0 aromatic rings. The first-order valence-corrected chi connectivity index (χ1v) is 13.8. The molecule has 1 atom stereocenters. The number of carbonyl (C=O) groups excluding carboxylic acids is 1. The highest BCUT2D eigenvalue weighted by molar-refractivity contribution is 8.13. The van der Waals surface area contributed by atoms with Gasteiger partial charge in [0.25, 0.3) is 0 Å². The Balaban J connectivity index is 5.36. The zero-order valence-corrected chi connectivity index (χ0v) is 20.3. The fraction of sp³-hybridized carbons (Fsp3) is 0.867. The molecule has 0 heterocycles. The largest absolute Gasteiger partial charge is 0.573 e. The quantitative estimate of drug-likeness (QED) is 0.0753. The van der Waals surface area contributed by atoms with Crippen molar-refractivity contribution >= 4 is 52.9 Å². The van der Waals surface area contributed by atoms with Crippen molar-refractivity contribution in [1.29, 1.82) is 0 Å². The van der Waals surface area contributed by atoms with E-state index in [4.69, 9.17) is 25.7 Å². The highest BCUT2D eigenvalue weighted by Gasteiger charge is 2.42. The zero-order chi connectivity index (χ0) is 20.9. The van der Waals surface area contributed by atoms with E-state index < -0.39 is 24.3 Å². The van der Waals surface area contributed by atoms with Crippen LogP contribution < -0.4 is 0 Å². The lowest BCUT2D eigenvalue weighted by Crippen LogP contribution is -2.44. The zero-order valence-electron chi connectivity index (χ0n) is 17.0. The van der Waals surface area contributed by atoms with E-state index in [1.165, 1.54) is 22.9 Å². The van der Waals surface area contributed by atoms with Gasteiger partial charge < -0.3 is 13.6 Å². The third-order valence-corrected chi connectivity index (χ3v) is 9.62. The predicted octanol–water partition coefficient (Wildman–Crippen LogP) is 4.51. The molecule has 0 bridgehead atoms. The number of thioether (sulfide) groups is 1. The van der Waals surface area contributed by atoms with Crippen molar-refractivity contribution in [3.63, 3.8) is 0 Å². The summed E-state index contributed by atoms with van der Waals surface area (Å²) >= 11 is 5.02. The van der Waals surface area contributed by atoms with Gasteiger partial charge in [-0.1, -0.05) is 31.3 Å². The van der Waals surface area contributed by atoms with Crippen molar-refractivity contribution in [2.45, 2.75) is 53.4 Å². The Bertz CT molecular complexity index is 503. The first kappa shape index (κ1) is 27.1. The number of hydrogen-bond acceptors (Lipinski definition) is 8. The Kier molecular flexibility index (Phi) is 15.1. The number of hydrogen-bond donors (Lipinski definition) is 0. The van der Waals surface area contributed by atoms with Gasteiger partial charge in [-0.25, -0.2) is 4.79 Å². The van der Waals surface area contributed by atoms with Crippen LogP contribution in [0.3, 0.4) is 0 Å². The van der Waals surface area contributed by atoms with Gasteiger partial charge in [0.05, 0.1) is 26.8 Å². The second-order valence-corrected chi connectivity index (χ2v) is 11.4. The summed E-state index contributed by atoms with van der Waals surface area (Å²) in [6, 6.07) is 0. The Hall–Kier alpha value is 0.130. The van der Waals surface area contributed by atoms with E-state index in [1.807, 2.05) is 6.26 Å². The third kappa shape index (κ3) is 9.94. The number of nitrogens with zero attached hydrogens (tertiary/aromatic N) is 3. The number of amides is 1. The maximum Gasteiger partial charge on any atom is 0.479 e. The molecular formula is C15H32N3O5PS3. The fourth-order valence-electron chi connectivity index (χ4n) is 1.86. The predicted molar refractivity (Wildman–Crippen MR) is 117 cm³/mol. The Morgan fingerprint density at radius 2 is 1.81 bits per heavy atom. The van der Waals surface area contributed by atoms with Gasteiger partial charge in [0.2, 0.25) is 0 Å². The molecular weight excluding hydrogens is 429 g/mol. The summed E-state index contributed by atoms with van der Waals surface area (Å²) < 4.78 is 26.9. The van der Waals surface area contributed by atoms with Gasteiger partial charge in [0.1, 0.15) is 5.04 Å². The summed E-state index contributed by atoms with van der Waals surface area (Å²) in [6.07, 6.45) is 4.84. The van der Waals surface area contributed by atoms with Crippen LogP contribution in [0, 0.1) is 0 Å². The molecule has 8 nitrogen and oxygen atoms in total. The van der Waals surface area contributed by atoms with Gasteiger partial charge in [-0.2, -0.15) is 0 Å². The van der Waals surface area contributed by atoms with Crippen LogP contribution in [0.2, 0.25) is 0 Å². The molecule has 0 fully saturated rings.